The van der Waals surface area contributed by atoms with Crippen LogP contribution in [0.3, 0.4) is 0 Å². The minimum absolute atomic E-state index is 0.00639. The molecular formula is C23H22F2N2O4. The Morgan fingerprint density at radius 3 is 2.61 bits per heavy atom. The third-order valence-corrected chi connectivity index (χ3v) is 4.79. The van der Waals surface area contributed by atoms with Crippen LogP contribution in [-0.4, -0.2) is 37.7 Å². The molecule has 3 rings (SSSR count). The van der Waals surface area contributed by atoms with Crippen LogP contribution in [0.25, 0.3) is 22.9 Å². The van der Waals surface area contributed by atoms with Crippen molar-refractivity contribution in [2.75, 3.05) is 0 Å². The topological polar surface area (TPSA) is 91.9 Å². The molecule has 0 radical (unpaired) electrons. The molecule has 2 N–H and O–H groups in total. The van der Waals surface area contributed by atoms with E-state index in [1.54, 1.807) is 22.9 Å². The zero-order valence-electron chi connectivity index (χ0n) is 17.0. The zero-order valence-corrected chi connectivity index (χ0v) is 17.0. The van der Waals surface area contributed by atoms with Crippen LogP contribution in [0.2, 0.25) is 0 Å². The van der Waals surface area contributed by atoms with Gasteiger partial charge in [0.05, 0.1) is 11.6 Å². The second-order valence-corrected chi connectivity index (χ2v) is 7.53. The summed E-state index contributed by atoms with van der Waals surface area (Å²) >= 11 is 0. The van der Waals surface area contributed by atoms with Gasteiger partial charge in [-0.25, -0.2) is 13.3 Å². The van der Waals surface area contributed by atoms with Gasteiger partial charge in [0.25, 0.3) is 0 Å². The van der Waals surface area contributed by atoms with E-state index in [-0.39, 0.29) is 23.6 Å². The number of hydrogen-bond donors (Lipinski definition) is 2. The third kappa shape index (κ3) is 5.03. The molecular weight excluding hydrogens is 406 g/mol. The highest BCUT2D eigenvalue weighted by Crippen LogP contribution is 2.34. The van der Waals surface area contributed by atoms with Crippen LogP contribution in [-0.2, 0) is 9.59 Å². The molecule has 0 spiro atoms. The number of carbonyl (C=O) groups is 2. The Morgan fingerprint density at radius 1 is 1.23 bits per heavy atom. The number of carboxylic acids is 1. The van der Waals surface area contributed by atoms with E-state index in [1.807, 2.05) is 19.9 Å². The molecule has 1 atom stereocenters. The first-order valence-corrected chi connectivity index (χ1v) is 9.73. The quantitative estimate of drug-likeness (QED) is 0.525. The summed E-state index contributed by atoms with van der Waals surface area (Å²) in [5.41, 5.74) is 2.49. The average Bonchev–Trinajstić information content (AvgIpc) is 3.12. The molecule has 0 saturated carbocycles. The van der Waals surface area contributed by atoms with Crippen LogP contribution < -0.4 is 0 Å². The van der Waals surface area contributed by atoms with E-state index >= 15 is 0 Å². The Hall–Kier alpha value is -3.39. The number of aliphatic hydroxyl groups excluding tert-OH is 1. The molecule has 162 valence electrons. The van der Waals surface area contributed by atoms with Gasteiger partial charge < -0.3 is 10.2 Å². The standard InChI is InChI=1S/C23H22F2N2O4/c1-13(2)22-18(8-6-15(28)11-16(29)12-21(30)31)23(26-27-9-3-4-20(22)27)17-7-5-14(24)10-19(17)25/h3-10,13,15,28H,11-12H2,1-2H3,(H,30,31)/b8-6+. The first-order chi connectivity index (χ1) is 14.7. The van der Waals surface area contributed by atoms with Crippen molar-refractivity contribution in [3.05, 3.63) is 65.4 Å². The lowest BCUT2D eigenvalue weighted by molar-refractivity contribution is -0.140. The summed E-state index contributed by atoms with van der Waals surface area (Å²) in [6.45, 7) is 3.91. The molecule has 0 amide bonds. The number of ketones is 1. The van der Waals surface area contributed by atoms with Gasteiger partial charge in [0, 0.05) is 29.8 Å². The number of aliphatic hydroxyl groups is 1. The van der Waals surface area contributed by atoms with E-state index in [0.717, 1.165) is 23.2 Å². The second kappa shape index (κ2) is 9.18. The SMILES string of the molecule is CC(C)c1c(/C=C/C(O)CC(=O)CC(=O)O)c(-c2ccc(F)cc2F)nn2cccc12. The number of carboxylic acid groups (broad SMARTS) is 1. The molecule has 0 aliphatic heterocycles. The van der Waals surface area contributed by atoms with Gasteiger partial charge in [-0.3, -0.25) is 9.59 Å². The number of rotatable bonds is 8. The first-order valence-electron chi connectivity index (χ1n) is 9.73. The van der Waals surface area contributed by atoms with Crippen molar-refractivity contribution in [1.29, 1.82) is 0 Å². The first kappa shape index (κ1) is 22.3. The fourth-order valence-electron chi connectivity index (χ4n) is 3.51. The molecule has 31 heavy (non-hydrogen) atoms. The van der Waals surface area contributed by atoms with Crippen molar-refractivity contribution < 1.29 is 28.6 Å². The third-order valence-electron chi connectivity index (χ3n) is 4.79. The fourth-order valence-corrected chi connectivity index (χ4v) is 3.51. The number of fused-ring (bicyclic) bond motifs is 1. The number of benzene rings is 1. The predicted molar refractivity (Wildman–Crippen MR) is 112 cm³/mol. The zero-order chi connectivity index (χ0) is 22.7. The normalized spacial score (nSPS) is 12.7. The van der Waals surface area contributed by atoms with Crippen molar-refractivity contribution in [3.8, 4) is 11.3 Å². The smallest absolute Gasteiger partial charge is 0.310 e. The van der Waals surface area contributed by atoms with Crippen molar-refractivity contribution in [1.82, 2.24) is 9.61 Å². The molecule has 8 heteroatoms. The molecule has 3 aromatic rings. The highest BCUT2D eigenvalue weighted by molar-refractivity contribution is 5.95. The molecule has 1 unspecified atom stereocenters. The molecule has 0 bridgehead atoms. The van der Waals surface area contributed by atoms with Gasteiger partial charge in [0.1, 0.15) is 29.5 Å². The van der Waals surface area contributed by atoms with Gasteiger partial charge >= 0.3 is 5.97 Å². The van der Waals surface area contributed by atoms with E-state index in [1.165, 1.54) is 12.1 Å². The number of aromatic nitrogens is 2. The van der Waals surface area contributed by atoms with Gasteiger partial charge in [-0.05, 0) is 35.7 Å². The Labute approximate surface area is 177 Å². The highest BCUT2D eigenvalue weighted by atomic mass is 19.1. The average molecular weight is 428 g/mol. The molecule has 1 aromatic carbocycles. The summed E-state index contributed by atoms with van der Waals surface area (Å²) in [6, 6.07) is 6.88. The Balaban J connectivity index is 2.12. The molecule has 0 aliphatic carbocycles. The van der Waals surface area contributed by atoms with Gasteiger partial charge in [-0.15, -0.1) is 0 Å². The van der Waals surface area contributed by atoms with E-state index < -0.39 is 35.9 Å². The van der Waals surface area contributed by atoms with Crippen LogP contribution in [0.15, 0.2) is 42.6 Å². The number of halogens is 2. The fraction of sp³-hybridized carbons (Fsp3) is 0.261. The second-order valence-electron chi connectivity index (χ2n) is 7.53. The van der Waals surface area contributed by atoms with Crippen LogP contribution in [0.5, 0.6) is 0 Å². The summed E-state index contributed by atoms with van der Waals surface area (Å²) in [6.07, 6.45) is 2.37. The molecule has 6 nitrogen and oxygen atoms in total. The lowest BCUT2D eigenvalue weighted by atomic mass is 9.92. The van der Waals surface area contributed by atoms with E-state index in [9.17, 15) is 23.5 Å². The van der Waals surface area contributed by atoms with E-state index in [2.05, 4.69) is 5.10 Å². The summed E-state index contributed by atoms with van der Waals surface area (Å²) < 4.78 is 29.7. The van der Waals surface area contributed by atoms with Crippen molar-refractivity contribution >= 4 is 23.3 Å². The maximum Gasteiger partial charge on any atom is 0.310 e. The summed E-state index contributed by atoms with van der Waals surface area (Å²) in [7, 11) is 0. The number of carbonyl (C=O) groups excluding carboxylic acids is 1. The number of Topliss-reactive ketones (excluding diaryl/α,β-unsaturated/α-hetero) is 1. The van der Waals surface area contributed by atoms with Crippen LogP contribution in [0.1, 0.15) is 43.7 Å². The van der Waals surface area contributed by atoms with Crippen molar-refractivity contribution in [2.45, 2.75) is 38.7 Å². The molecule has 0 aliphatic rings. The Morgan fingerprint density at radius 2 is 1.97 bits per heavy atom. The van der Waals surface area contributed by atoms with Crippen LogP contribution in [0, 0.1) is 11.6 Å². The van der Waals surface area contributed by atoms with Gasteiger partial charge in [-0.1, -0.05) is 26.0 Å². The van der Waals surface area contributed by atoms with Gasteiger partial charge in [0.15, 0.2) is 0 Å². The summed E-state index contributed by atoms with van der Waals surface area (Å²) in [5.74, 6) is -3.37. The summed E-state index contributed by atoms with van der Waals surface area (Å²) in [5, 5.41) is 23.4. The molecule has 2 aromatic heterocycles. The maximum absolute atomic E-state index is 14.6. The van der Waals surface area contributed by atoms with Crippen LogP contribution >= 0.6 is 0 Å². The number of hydrogen-bond acceptors (Lipinski definition) is 4. The van der Waals surface area contributed by atoms with Crippen molar-refractivity contribution in [3.63, 3.8) is 0 Å². The minimum Gasteiger partial charge on any atom is -0.481 e. The number of aliphatic carboxylic acids is 1. The van der Waals surface area contributed by atoms with Gasteiger partial charge in [-0.2, -0.15) is 5.10 Å². The number of nitrogens with zero attached hydrogens (tertiary/aromatic N) is 2. The largest absolute Gasteiger partial charge is 0.481 e. The van der Waals surface area contributed by atoms with E-state index in [4.69, 9.17) is 5.11 Å². The molecule has 0 fully saturated rings. The monoisotopic (exact) mass is 428 g/mol. The molecule has 0 saturated heterocycles. The summed E-state index contributed by atoms with van der Waals surface area (Å²) in [4.78, 5) is 22.3. The van der Waals surface area contributed by atoms with Crippen molar-refractivity contribution in [2.24, 2.45) is 0 Å². The lowest BCUT2D eigenvalue weighted by Crippen LogP contribution is -2.14. The predicted octanol–water partition coefficient (Wildman–Crippen LogP) is 4.21. The minimum atomic E-state index is -1.26. The Kier molecular flexibility index (Phi) is 6.60. The molecule has 2 heterocycles. The highest BCUT2D eigenvalue weighted by Gasteiger charge is 2.20. The Bertz CT molecular complexity index is 1170. The van der Waals surface area contributed by atoms with Gasteiger partial charge in [0.2, 0.25) is 0 Å². The lowest BCUT2D eigenvalue weighted by Gasteiger charge is -2.17. The van der Waals surface area contributed by atoms with E-state index in [0.29, 0.717) is 5.56 Å². The van der Waals surface area contributed by atoms with Crippen LogP contribution in [0.4, 0.5) is 8.78 Å². The maximum atomic E-state index is 14.6.